The molecule has 1 aliphatic heterocycles. The van der Waals surface area contributed by atoms with Gasteiger partial charge in [-0.1, -0.05) is 30.7 Å². The van der Waals surface area contributed by atoms with E-state index in [4.69, 9.17) is 0 Å². The quantitative estimate of drug-likeness (QED) is 0.327. The summed E-state index contributed by atoms with van der Waals surface area (Å²) in [7, 11) is 1.80. The van der Waals surface area contributed by atoms with Crippen LogP contribution in [0.1, 0.15) is 52.9 Å². The van der Waals surface area contributed by atoms with Crippen LogP contribution >= 0.6 is 35.3 Å². The number of nitrogens with zero attached hydrogens (tertiary/aromatic N) is 3. The lowest BCUT2D eigenvalue weighted by molar-refractivity contribution is 0.152. The van der Waals surface area contributed by atoms with Gasteiger partial charge in [-0.25, -0.2) is 4.98 Å². The number of aromatic nitrogens is 1. The Kier molecular flexibility index (Phi) is 9.85. The second-order valence-electron chi connectivity index (χ2n) is 7.66. The summed E-state index contributed by atoms with van der Waals surface area (Å²) in [6, 6.07) is 9.66. The van der Waals surface area contributed by atoms with Crippen molar-refractivity contribution in [1.82, 2.24) is 20.5 Å². The molecule has 0 amide bonds. The Bertz CT molecular complexity index is 768. The molecule has 1 aliphatic rings. The summed E-state index contributed by atoms with van der Waals surface area (Å²) in [6.45, 7) is 10.3. The van der Waals surface area contributed by atoms with Crippen molar-refractivity contribution in [2.24, 2.45) is 4.99 Å². The zero-order valence-electron chi connectivity index (χ0n) is 18.0. The first-order valence-electron chi connectivity index (χ1n) is 10.2. The van der Waals surface area contributed by atoms with Gasteiger partial charge in [0, 0.05) is 31.1 Å². The number of halogens is 1. The number of nitrogens with one attached hydrogen (secondary N) is 2. The summed E-state index contributed by atoms with van der Waals surface area (Å²) in [6.07, 6.45) is 4.03. The maximum absolute atomic E-state index is 4.57. The molecule has 2 N–H and O–H groups in total. The SMILES string of the molecule is CN=C(NCc1ccc(CN2CCCCC2C)cc1)NCc1nc(C)c(C)s1.I. The third kappa shape index (κ3) is 7.22. The molecule has 1 aromatic heterocycles. The van der Waals surface area contributed by atoms with E-state index in [1.165, 1.54) is 41.8 Å². The predicted molar refractivity (Wildman–Crippen MR) is 134 cm³/mol. The van der Waals surface area contributed by atoms with Gasteiger partial charge >= 0.3 is 0 Å². The monoisotopic (exact) mass is 527 g/mol. The molecule has 160 valence electrons. The number of piperidine rings is 1. The average molecular weight is 528 g/mol. The first-order chi connectivity index (χ1) is 13.5. The average Bonchev–Trinajstić information content (AvgIpc) is 3.02. The Hall–Kier alpha value is -1.19. The molecule has 7 heteroatoms. The van der Waals surface area contributed by atoms with Gasteiger partial charge in [0.05, 0.1) is 12.2 Å². The number of likely N-dealkylation sites (tertiary alicyclic amines) is 1. The van der Waals surface area contributed by atoms with Crippen molar-refractivity contribution in [3.63, 3.8) is 0 Å². The fourth-order valence-electron chi connectivity index (χ4n) is 3.57. The molecular weight excluding hydrogens is 493 g/mol. The first-order valence-corrected chi connectivity index (χ1v) is 11.1. The molecule has 1 fully saturated rings. The van der Waals surface area contributed by atoms with Gasteiger partial charge in [0.2, 0.25) is 0 Å². The van der Waals surface area contributed by atoms with Gasteiger partial charge < -0.3 is 10.6 Å². The predicted octanol–water partition coefficient (Wildman–Crippen LogP) is 4.62. The highest BCUT2D eigenvalue weighted by Crippen LogP contribution is 2.19. The fourth-order valence-corrected chi connectivity index (χ4v) is 4.44. The van der Waals surface area contributed by atoms with Crippen molar-refractivity contribution in [2.45, 2.75) is 65.7 Å². The Morgan fingerprint density at radius 2 is 1.83 bits per heavy atom. The van der Waals surface area contributed by atoms with Crippen molar-refractivity contribution >= 4 is 41.3 Å². The van der Waals surface area contributed by atoms with Crippen molar-refractivity contribution < 1.29 is 0 Å². The second-order valence-corrected chi connectivity index (χ2v) is 8.95. The third-order valence-electron chi connectivity index (χ3n) is 5.51. The lowest BCUT2D eigenvalue weighted by Gasteiger charge is -2.33. The Labute approximate surface area is 196 Å². The van der Waals surface area contributed by atoms with Crippen LogP contribution in [0.5, 0.6) is 0 Å². The molecular formula is C22H34IN5S. The number of guanidine groups is 1. The highest BCUT2D eigenvalue weighted by molar-refractivity contribution is 14.0. The number of hydrogen-bond acceptors (Lipinski definition) is 4. The van der Waals surface area contributed by atoms with Gasteiger partial charge in [0.15, 0.2) is 5.96 Å². The standard InChI is InChI=1S/C22H33N5S.HI/c1-16-7-5-6-12-27(16)15-20-10-8-19(9-11-20)13-24-22(23-4)25-14-21-26-17(2)18(3)28-21;/h8-11,16H,5-7,12-15H2,1-4H3,(H2,23,24,25);1H. The number of aryl methyl sites for hydroxylation is 2. The number of rotatable bonds is 6. The normalized spacial score (nSPS) is 17.7. The van der Waals surface area contributed by atoms with Crippen LogP contribution in [0.3, 0.4) is 0 Å². The van der Waals surface area contributed by atoms with Crippen LogP contribution in [0.25, 0.3) is 0 Å². The second kappa shape index (κ2) is 11.9. The van der Waals surface area contributed by atoms with Crippen molar-refractivity contribution in [3.8, 4) is 0 Å². The van der Waals surface area contributed by atoms with Gasteiger partial charge in [-0.15, -0.1) is 35.3 Å². The number of hydrogen-bond donors (Lipinski definition) is 2. The van der Waals surface area contributed by atoms with E-state index in [1.807, 2.05) is 0 Å². The van der Waals surface area contributed by atoms with Crippen LogP contribution < -0.4 is 10.6 Å². The van der Waals surface area contributed by atoms with E-state index in [0.29, 0.717) is 12.6 Å². The van der Waals surface area contributed by atoms with E-state index >= 15 is 0 Å². The van der Waals surface area contributed by atoms with E-state index < -0.39 is 0 Å². The largest absolute Gasteiger partial charge is 0.352 e. The smallest absolute Gasteiger partial charge is 0.191 e. The van der Waals surface area contributed by atoms with Crippen LogP contribution in [-0.2, 0) is 19.6 Å². The minimum absolute atomic E-state index is 0. The van der Waals surface area contributed by atoms with Gasteiger partial charge in [-0.2, -0.15) is 0 Å². The summed E-state index contributed by atoms with van der Waals surface area (Å²) < 4.78 is 0. The summed E-state index contributed by atoms with van der Waals surface area (Å²) in [5.74, 6) is 0.803. The van der Waals surface area contributed by atoms with Crippen LogP contribution in [-0.4, -0.2) is 35.5 Å². The first kappa shape index (κ1) is 24.1. The maximum Gasteiger partial charge on any atom is 0.191 e. The van der Waals surface area contributed by atoms with E-state index in [1.54, 1.807) is 18.4 Å². The molecule has 5 nitrogen and oxygen atoms in total. The molecule has 0 radical (unpaired) electrons. The number of benzene rings is 1. The van der Waals surface area contributed by atoms with Crippen LogP contribution in [0, 0.1) is 13.8 Å². The van der Waals surface area contributed by atoms with Crippen LogP contribution in [0.15, 0.2) is 29.3 Å². The topological polar surface area (TPSA) is 52.6 Å². The molecule has 3 rings (SSSR count). The third-order valence-corrected chi connectivity index (χ3v) is 6.59. The molecule has 1 atom stereocenters. The van der Waals surface area contributed by atoms with Gasteiger partial charge in [-0.05, 0) is 51.3 Å². The molecule has 1 saturated heterocycles. The van der Waals surface area contributed by atoms with Gasteiger partial charge in [-0.3, -0.25) is 9.89 Å². The van der Waals surface area contributed by atoms with Crippen molar-refractivity contribution in [3.05, 3.63) is 51.0 Å². The minimum Gasteiger partial charge on any atom is -0.352 e. The molecule has 0 bridgehead atoms. The highest BCUT2D eigenvalue weighted by Gasteiger charge is 2.17. The van der Waals surface area contributed by atoms with E-state index in [-0.39, 0.29) is 24.0 Å². The molecule has 1 unspecified atom stereocenters. The minimum atomic E-state index is 0. The number of thiazole rings is 1. The maximum atomic E-state index is 4.57. The lowest BCUT2D eigenvalue weighted by atomic mass is 10.0. The molecule has 0 saturated carbocycles. The number of aliphatic imine (C=N–C) groups is 1. The van der Waals surface area contributed by atoms with E-state index in [0.717, 1.165) is 29.8 Å². The molecule has 2 aromatic rings. The van der Waals surface area contributed by atoms with Crippen molar-refractivity contribution in [1.29, 1.82) is 0 Å². The Morgan fingerprint density at radius 3 is 2.45 bits per heavy atom. The molecule has 0 aliphatic carbocycles. The van der Waals surface area contributed by atoms with Crippen LogP contribution in [0.4, 0.5) is 0 Å². The lowest BCUT2D eigenvalue weighted by Crippen LogP contribution is -2.37. The zero-order chi connectivity index (χ0) is 19.9. The Morgan fingerprint density at radius 1 is 1.14 bits per heavy atom. The van der Waals surface area contributed by atoms with Crippen molar-refractivity contribution in [2.75, 3.05) is 13.6 Å². The Balaban J connectivity index is 0.00000300. The highest BCUT2D eigenvalue weighted by atomic mass is 127. The summed E-state index contributed by atoms with van der Waals surface area (Å²) in [4.78, 5) is 12.8. The summed E-state index contributed by atoms with van der Waals surface area (Å²) >= 11 is 1.74. The fraction of sp³-hybridized carbons (Fsp3) is 0.545. The molecule has 0 spiro atoms. The van der Waals surface area contributed by atoms with Crippen LogP contribution in [0.2, 0.25) is 0 Å². The van der Waals surface area contributed by atoms with E-state index in [9.17, 15) is 0 Å². The summed E-state index contributed by atoms with van der Waals surface area (Å²) in [5, 5.41) is 7.83. The summed E-state index contributed by atoms with van der Waals surface area (Å²) in [5.41, 5.74) is 3.78. The molecule has 2 heterocycles. The van der Waals surface area contributed by atoms with Gasteiger partial charge in [0.1, 0.15) is 5.01 Å². The van der Waals surface area contributed by atoms with E-state index in [2.05, 4.69) is 70.5 Å². The zero-order valence-corrected chi connectivity index (χ0v) is 21.1. The van der Waals surface area contributed by atoms with Gasteiger partial charge in [0.25, 0.3) is 0 Å². The molecule has 1 aromatic carbocycles. The molecule has 29 heavy (non-hydrogen) atoms.